The number of aliphatic hydroxyl groups is 1. The summed E-state index contributed by atoms with van der Waals surface area (Å²) in [5.41, 5.74) is 3.63. The van der Waals surface area contributed by atoms with Crippen molar-refractivity contribution in [1.82, 2.24) is 0 Å². The van der Waals surface area contributed by atoms with Gasteiger partial charge in [-0.05, 0) is 54.8 Å². The van der Waals surface area contributed by atoms with Gasteiger partial charge in [-0.1, -0.05) is 18.2 Å². The summed E-state index contributed by atoms with van der Waals surface area (Å²) in [6.45, 7) is 4.16. The molecule has 0 saturated heterocycles. The van der Waals surface area contributed by atoms with E-state index in [1.807, 2.05) is 43.3 Å². The smallest absolute Gasteiger partial charge is 0.119 e. The number of aryl methyl sites for hydroxylation is 1. The number of rotatable bonds is 4. The van der Waals surface area contributed by atoms with Crippen LogP contribution in [0.2, 0.25) is 0 Å². The van der Waals surface area contributed by atoms with E-state index in [1.54, 1.807) is 13.0 Å². The molecular formula is C17H17NO2. The molecule has 0 heterocycles. The molecule has 0 aromatic heterocycles. The fourth-order valence-corrected chi connectivity index (χ4v) is 1.93. The Morgan fingerprint density at radius 2 is 1.90 bits per heavy atom. The van der Waals surface area contributed by atoms with E-state index in [-0.39, 0.29) is 0 Å². The van der Waals surface area contributed by atoms with Gasteiger partial charge in [-0.15, -0.1) is 0 Å². The van der Waals surface area contributed by atoms with Crippen LogP contribution in [-0.2, 0) is 6.61 Å². The second kappa shape index (κ2) is 6.23. The van der Waals surface area contributed by atoms with E-state index >= 15 is 0 Å². The fraction of sp³-hybridized carbons (Fsp3) is 0.235. The number of hydrogen-bond acceptors (Lipinski definition) is 3. The molecule has 2 aromatic rings. The zero-order valence-corrected chi connectivity index (χ0v) is 11.6. The summed E-state index contributed by atoms with van der Waals surface area (Å²) >= 11 is 0. The average Bonchev–Trinajstić information content (AvgIpc) is 2.46. The summed E-state index contributed by atoms with van der Waals surface area (Å²) in [6, 6.07) is 15.1. The van der Waals surface area contributed by atoms with Gasteiger partial charge in [-0.2, -0.15) is 5.26 Å². The normalized spacial score (nSPS) is 11.7. The van der Waals surface area contributed by atoms with E-state index < -0.39 is 6.10 Å². The summed E-state index contributed by atoms with van der Waals surface area (Å²) in [4.78, 5) is 0. The van der Waals surface area contributed by atoms with Crippen LogP contribution in [0.25, 0.3) is 0 Å². The fourth-order valence-electron chi connectivity index (χ4n) is 1.93. The molecule has 1 atom stereocenters. The van der Waals surface area contributed by atoms with E-state index in [4.69, 9.17) is 10.00 Å². The minimum absolute atomic E-state index is 0.464. The predicted molar refractivity (Wildman–Crippen MR) is 77.3 cm³/mol. The van der Waals surface area contributed by atoms with E-state index in [0.717, 1.165) is 22.4 Å². The molecule has 0 aliphatic rings. The van der Waals surface area contributed by atoms with Gasteiger partial charge in [0.1, 0.15) is 12.4 Å². The maximum absolute atomic E-state index is 9.44. The molecule has 0 aliphatic carbocycles. The van der Waals surface area contributed by atoms with Crippen molar-refractivity contribution in [2.45, 2.75) is 26.6 Å². The number of nitriles is 1. The van der Waals surface area contributed by atoms with Gasteiger partial charge in [0, 0.05) is 0 Å². The SMILES string of the molecule is Cc1cc(C#N)ccc1COc1ccc([C@H](C)O)cc1. The van der Waals surface area contributed by atoms with Crippen molar-refractivity contribution in [3.63, 3.8) is 0 Å². The highest BCUT2D eigenvalue weighted by molar-refractivity contribution is 5.37. The summed E-state index contributed by atoms with van der Waals surface area (Å²) < 4.78 is 5.72. The van der Waals surface area contributed by atoms with Crippen LogP contribution in [-0.4, -0.2) is 5.11 Å². The molecule has 0 spiro atoms. The third-order valence-corrected chi connectivity index (χ3v) is 3.23. The van der Waals surface area contributed by atoms with E-state index in [2.05, 4.69) is 6.07 Å². The minimum Gasteiger partial charge on any atom is -0.489 e. The molecule has 0 aliphatic heterocycles. The molecule has 20 heavy (non-hydrogen) atoms. The van der Waals surface area contributed by atoms with Gasteiger partial charge in [-0.3, -0.25) is 0 Å². The standard InChI is InChI=1S/C17H17NO2/c1-12-9-14(10-18)3-4-16(12)11-20-17-7-5-15(6-8-17)13(2)19/h3-9,13,19H,11H2,1-2H3/t13-/m0/s1. The van der Waals surface area contributed by atoms with Crippen molar-refractivity contribution < 1.29 is 9.84 Å². The number of hydrogen-bond donors (Lipinski definition) is 1. The Morgan fingerprint density at radius 1 is 1.20 bits per heavy atom. The van der Waals surface area contributed by atoms with Crippen LogP contribution >= 0.6 is 0 Å². The van der Waals surface area contributed by atoms with Gasteiger partial charge < -0.3 is 9.84 Å². The topological polar surface area (TPSA) is 53.2 Å². The lowest BCUT2D eigenvalue weighted by molar-refractivity contribution is 0.199. The molecule has 0 bridgehead atoms. The molecule has 0 saturated carbocycles. The van der Waals surface area contributed by atoms with Gasteiger partial charge in [-0.25, -0.2) is 0 Å². The molecule has 102 valence electrons. The number of ether oxygens (including phenoxy) is 1. The lowest BCUT2D eigenvalue weighted by atomic mass is 10.1. The lowest BCUT2D eigenvalue weighted by Crippen LogP contribution is -1.99. The van der Waals surface area contributed by atoms with Gasteiger partial charge >= 0.3 is 0 Å². The van der Waals surface area contributed by atoms with Gasteiger partial charge in [0.25, 0.3) is 0 Å². The average molecular weight is 267 g/mol. The molecule has 0 unspecified atom stereocenters. The van der Waals surface area contributed by atoms with Crippen molar-refractivity contribution in [1.29, 1.82) is 5.26 Å². The van der Waals surface area contributed by atoms with Crippen LogP contribution in [0.1, 0.15) is 35.3 Å². The van der Waals surface area contributed by atoms with Gasteiger partial charge in [0.2, 0.25) is 0 Å². The van der Waals surface area contributed by atoms with E-state index in [9.17, 15) is 5.11 Å². The minimum atomic E-state index is -0.468. The molecule has 3 heteroatoms. The Morgan fingerprint density at radius 3 is 2.45 bits per heavy atom. The molecule has 2 aromatic carbocycles. The largest absolute Gasteiger partial charge is 0.489 e. The Hall–Kier alpha value is -2.31. The van der Waals surface area contributed by atoms with Crippen LogP contribution < -0.4 is 4.74 Å². The zero-order valence-electron chi connectivity index (χ0n) is 11.6. The van der Waals surface area contributed by atoms with E-state index in [1.165, 1.54) is 0 Å². The zero-order chi connectivity index (χ0) is 14.5. The molecule has 1 N–H and O–H groups in total. The first-order chi connectivity index (χ1) is 9.60. The van der Waals surface area contributed by atoms with Crippen LogP contribution in [0, 0.1) is 18.3 Å². The third kappa shape index (κ3) is 3.37. The Balaban J connectivity index is 2.03. The number of aliphatic hydroxyl groups excluding tert-OH is 1. The van der Waals surface area contributed by atoms with Crippen LogP contribution in [0.15, 0.2) is 42.5 Å². The van der Waals surface area contributed by atoms with Crippen molar-refractivity contribution in [3.8, 4) is 11.8 Å². The molecule has 0 amide bonds. The second-order valence-corrected chi connectivity index (χ2v) is 4.79. The molecule has 3 nitrogen and oxygen atoms in total. The predicted octanol–water partition coefficient (Wildman–Crippen LogP) is 3.50. The first-order valence-corrected chi connectivity index (χ1v) is 6.50. The Labute approximate surface area is 119 Å². The molecular weight excluding hydrogens is 250 g/mol. The summed E-state index contributed by atoms with van der Waals surface area (Å²) in [6.07, 6.45) is -0.468. The number of nitrogens with zero attached hydrogens (tertiary/aromatic N) is 1. The van der Waals surface area contributed by atoms with Crippen molar-refractivity contribution in [3.05, 3.63) is 64.7 Å². The maximum Gasteiger partial charge on any atom is 0.119 e. The Kier molecular flexibility index (Phi) is 4.39. The maximum atomic E-state index is 9.44. The second-order valence-electron chi connectivity index (χ2n) is 4.79. The van der Waals surface area contributed by atoms with E-state index in [0.29, 0.717) is 12.2 Å². The van der Waals surface area contributed by atoms with Crippen LogP contribution in [0.3, 0.4) is 0 Å². The highest BCUT2D eigenvalue weighted by atomic mass is 16.5. The third-order valence-electron chi connectivity index (χ3n) is 3.23. The van der Waals surface area contributed by atoms with Gasteiger partial charge in [0.15, 0.2) is 0 Å². The first-order valence-electron chi connectivity index (χ1n) is 6.50. The van der Waals surface area contributed by atoms with Crippen LogP contribution in [0.5, 0.6) is 5.75 Å². The molecule has 0 radical (unpaired) electrons. The highest BCUT2D eigenvalue weighted by Crippen LogP contribution is 2.19. The van der Waals surface area contributed by atoms with Crippen molar-refractivity contribution >= 4 is 0 Å². The monoisotopic (exact) mass is 267 g/mol. The highest BCUT2D eigenvalue weighted by Gasteiger charge is 2.03. The van der Waals surface area contributed by atoms with Crippen LogP contribution in [0.4, 0.5) is 0 Å². The quantitative estimate of drug-likeness (QED) is 0.922. The Bertz CT molecular complexity index is 624. The molecule has 0 fully saturated rings. The lowest BCUT2D eigenvalue weighted by Gasteiger charge is -2.10. The number of benzene rings is 2. The van der Waals surface area contributed by atoms with Crippen molar-refractivity contribution in [2.75, 3.05) is 0 Å². The summed E-state index contributed by atoms with van der Waals surface area (Å²) in [5.74, 6) is 0.762. The van der Waals surface area contributed by atoms with Crippen molar-refractivity contribution in [2.24, 2.45) is 0 Å². The first kappa shape index (κ1) is 14.1. The summed E-state index contributed by atoms with van der Waals surface area (Å²) in [7, 11) is 0. The molecule has 2 rings (SSSR count). The summed E-state index contributed by atoms with van der Waals surface area (Å²) in [5, 5.41) is 18.3. The van der Waals surface area contributed by atoms with Gasteiger partial charge in [0.05, 0.1) is 17.7 Å².